The van der Waals surface area contributed by atoms with E-state index >= 15 is 0 Å². The highest BCUT2D eigenvalue weighted by Crippen LogP contribution is 2.34. The van der Waals surface area contributed by atoms with Gasteiger partial charge in [-0.3, -0.25) is 4.90 Å². The minimum atomic E-state index is -0.351. The topological polar surface area (TPSA) is 95.0 Å². The summed E-state index contributed by atoms with van der Waals surface area (Å²) in [4.78, 5) is 23.3. The Hall–Kier alpha value is -2.98. The zero-order valence-electron chi connectivity index (χ0n) is 20.3. The smallest absolute Gasteiger partial charge is 0.410 e. The summed E-state index contributed by atoms with van der Waals surface area (Å²) in [6, 6.07) is 4.72. The van der Waals surface area contributed by atoms with Gasteiger partial charge in [-0.2, -0.15) is 0 Å². The van der Waals surface area contributed by atoms with Gasteiger partial charge in [0.15, 0.2) is 0 Å². The van der Waals surface area contributed by atoms with Crippen LogP contribution in [0, 0.1) is 25.1 Å². The molecule has 2 bridgehead atoms. The van der Waals surface area contributed by atoms with Gasteiger partial charge in [0, 0.05) is 18.3 Å². The van der Waals surface area contributed by atoms with Crippen molar-refractivity contribution in [1.29, 1.82) is 0 Å². The number of ether oxygens (including phenoxy) is 4. The van der Waals surface area contributed by atoms with Crippen LogP contribution in [0.2, 0.25) is 0 Å². The summed E-state index contributed by atoms with van der Waals surface area (Å²) in [6.07, 6.45) is 2.15. The first-order valence-electron chi connectivity index (χ1n) is 11.9. The summed E-state index contributed by atoms with van der Waals surface area (Å²) < 4.78 is 37.2. The molecule has 4 heterocycles. The number of carbonyl (C=O) groups excluding carboxylic acids is 1. The van der Waals surface area contributed by atoms with Crippen LogP contribution >= 0.6 is 0 Å². The third-order valence-electron chi connectivity index (χ3n) is 6.83. The summed E-state index contributed by atoms with van der Waals surface area (Å²) >= 11 is 0. The number of amides is 1. The van der Waals surface area contributed by atoms with Gasteiger partial charge in [-0.15, -0.1) is 0 Å². The van der Waals surface area contributed by atoms with Crippen LogP contribution in [-0.4, -0.2) is 72.2 Å². The lowest BCUT2D eigenvalue weighted by atomic mass is 9.90. The number of hydrogen-bond acceptors (Lipinski definition) is 8. The fraction of sp³-hybridized carbons (Fsp3) is 0.560. The molecule has 1 aromatic heterocycles. The normalized spacial score (nSPS) is 24.9. The van der Waals surface area contributed by atoms with Crippen LogP contribution in [0.4, 0.5) is 20.7 Å². The maximum atomic E-state index is 14.3. The number of carbonyl (C=O) groups is 1. The predicted molar refractivity (Wildman–Crippen MR) is 125 cm³/mol. The van der Waals surface area contributed by atoms with Gasteiger partial charge in [-0.05, 0) is 31.5 Å². The summed E-state index contributed by atoms with van der Waals surface area (Å²) in [5.41, 5.74) is 1.77. The number of anilines is 2. The van der Waals surface area contributed by atoms with E-state index in [-0.39, 0.29) is 35.5 Å². The molecule has 0 saturated carbocycles. The predicted octanol–water partition coefficient (Wildman–Crippen LogP) is 3.76. The van der Waals surface area contributed by atoms with Crippen LogP contribution in [0.15, 0.2) is 24.5 Å². The van der Waals surface area contributed by atoms with Crippen LogP contribution in [0.3, 0.4) is 0 Å². The highest BCUT2D eigenvalue weighted by Gasteiger charge is 2.44. The van der Waals surface area contributed by atoms with E-state index in [1.165, 1.54) is 12.4 Å². The molecule has 1 amide bonds. The number of nitrogens with one attached hydrogen (secondary N) is 1. The van der Waals surface area contributed by atoms with Gasteiger partial charge in [-0.25, -0.2) is 19.2 Å². The Morgan fingerprint density at radius 1 is 1.20 bits per heavy atom. The molecule has 9 nitrogen and oxygen atoms in total. The van der Waals surface area contributed by atoms with Gasteiger partial charge in [0.2, 0.25) is 5.88 Å². The van der Waals surface area contributed by atoms with Crippen LogP contribution in [0.5, 0.6) is 5.88 Å². The van der Waals surface area contributed by atoms with E-state index in [9.17, 15) is 9.18 Å². The monoisotopic (exact) mass is 486 g/mol. The summed E-state index contributed by atoms with van der Waals surface area (Å²) in [5.74, 6) is 0.570. The minimum absolute atomic E-state index is 0.0967. The Labute approximate surface area is 203 Å². The van der Waals surface area contributed by atoms with Crippen molar-refractivity contribution in [1.82, 2.24) is 14.9 Å². The van der Waals surface area contributed by atoms with Crippen molar-refractivity contribution in [2.24, 2.45) is 5.41 Å². The fourth-order valence-electron chi connectivity index (χ4n) is 4.79. The Kier molecular flexibility index (Phi) is 6.50. The van der Waals surface area contributed by atoms with Crippen LogP contribution < -0.4 is 10.1 Å². The third kappa shape index (κ3) is 5.04. The molecule has 5 rings (SSSR count). The van der Waals surface area contributed by atoms with Crippen molar-refractivity contribution in [3.05, 3.63) is 41.5 Å². The molecule has 1 aromatic carbocycles. The number of halogens is 1. The van der Waals surface area contributed by atoms with Gasteiger partial charge in [-0.1, -0.05) is 13.0 Å². The summed E-state index contributed by atoms with van der Waals surface area (Å²) in [5, 5.41) is 3.04. The second-order valence-corrected chi connectivity index (χ2v) is 10.1. The van der Waals surface area contributed by atoms with Crippen molar-refractivity contribution in [2.75, 3.05) is 38.4 Å². The molecule has 3 fully saturated rings. The molecule has 2 atom stereocenters. The van der Waals surface area contributed by atoms with E-state index in [1.807, 2.05) is 31.7 Å². The standard InChI is InChI=1S/C25H31FN4O5/c1-15-4-5-21(20(26)6-15)29-22-16(2)23(28-14-27-22)35-19-7-17-9-32-10-18(8-19)30(17)24(31)34-13-25(3)11-33-12-25/h4-6,14,17-19H,7-13H2,1-3H3,(H,27,28,29). The quantitative estimate of drug-likeness (QED) is 0.660. The molecule has 3 aliphatic rings. The molecule has 3 aliphatic heterocycles. The van der Waals surface area contributed by atoms with Crippen LogP contribution in [0.25, 0.3) is 0 Å². The number of nitrogens with zero attached hydrogens (tertiary/aromatic N) is 3. The van der Waals surface area contributed by atoms with E-state index in [2.05, 4.69) is 15.3 Å². The number of aromatic nitrogens is 2. The average Bonchev–Trinajstić information content (AvgIpc) is 2.80. The lowest BCUT2D eigenvalue weighted by Crippen LogP contribution is -2.61. The maximum absolute atomic E-state index is 14.3. The fourth-order valence-corrected chi connectivity index (χ4v) is 4.79. The van der Waals surface area contributed by atoms with E-state index in [0.717, 1.165) is 5.56 Å². The minimum Gasteiger partial charge on any atom is -0.474 e. The molecular weight excluding hydrogens is 455 g/mol. The number of aryl methyl sites for hydroxylation is 1. The second-order valence-electron chi connectivity index (χ2n) is 10.1. The highest BCUT2D eigenvalue weighted by molar-refractivity contribution is 5.69. The van der Waals surface area contributed by atoms with Crippen LogP contribution in [0.1, 0.15) is 30.9 Å². The average molecular weight is 487 g/mol. The molecule has 0 spiro atoms. The SMILES string of the molecule is Cc1ccc(Nc2ncnc(OC3CC4COCC(C3)N4C(=O)OCC3(C)COC3)c2C)c(F)c1. The Bertz CT molecular complexity index is 1080. The lowest BCUT2D eigenvalue weighted by Gasteiger charge is -2.47. The zero-order valence-corrected chi connectivity index (χ0v) is 20.3. The van der Waals surface area contributed by atoms with Crippen molar-refractivity contribution in [2.45, 2.75) is 51.8 Å². The lowest BCUT2D eigenvalue weighted by molar-refractivity contribution is -0.136. The molecular formula is C25H31FN4O5. The number of benzene rings is 1. The number of rotatable bonds is 6. The van der Waals surface area contributed by atoms with E-state index in [4.69, 9.17) is 18.9 Å². The first kappa shape index (κ1) is 23.7. The van der Waals surface area contributed by atoms with Gasteiger partial charge < -0.3 is 24.3 Å². The molecule has 0 aliphatic carbocycles. The van der Waals surface area contributed by atoms with Crippen molar-refractivity contribution < 1.29 is 28.1 Å². The van der Waals surface area contributed by atoms with Gasteiger partial charge in [0.25, 0.3) is 0 Å². The number of morpholine rings is 1. The van der Waals surface area contributed by atoms with E-state index < -0.39 is 0 Å². The maximum Gasteiger partial charge on any atom is 0.410 e. The van der Waals surface area contributed by atoms with E-state index in [1.54, 1.807) is 6.07 Å². The van der Waals surface area contributed by atoms with Gasteiger partial charge in [0.1, 0.15) is 30.7 Å². The first-order valence-corrected chi connectivity index (χ1v) is 11.9. The second kappa shape index (κ2) is 9.58. The highest BCUT2D eigenvalue weighted by atomic mass is 19.1. The molecule has 10 heteroatoms. The zero-order chi connectivity index (χ0) is 24.6. The Morgan fingerprint density at radius 2 is 1.94 bits per heavy atom. The first-order chi connectivity index (χ1) is 16.8. The number of fused-ring (bicyclic) bond motifs is 2. The molecule has 0 radical (unpaired) electrons. The molecule has 1 N–H and O–H groups in total. The molecule has 2 aromatic rings. The van der Waals surface area contributed by atoms with Gasteiger partial charge >= 0.3 is 6.09 Å². The summed E-state index contributed by atoms with van der Waals surface area (Å²) in [7, 11) is 0. The van der Waals surface area contributed by atoms with Crippen molar-refractivity contribution >= 4 is 17.6 Å². The molecule has 35 heavy (non-hydrogen) atoms. The Balaban J connectivity index is 1.24. The third-order valence-corrected chi connectivity index (χ3v) is 6.83. The largest absolute Gasteiger partial charge is 0.474 e. The van der Waals surface area contributed by atoms with Crippen molar-refractivity contribution in [3.63, 3.8) is 0 Å². The van der Waals surface area contributed by atoms with Gasteiger partial charge in [0.05, 0.1) is 49.8 Å². The molecule has 188 valence electrons. The Morgan fingerprint density at radius 3 is 2.60 bits per heavy atom. The van der Waals surface area contributed by atoms with Crippen molar-refractivity contribution in [3.8, 4) is 5.88 Å². The number of hydrogen-bond donors (Lipinski definition) is 1. The summed E-state index contributed by atoms with van der Waals surface area (Å²) in [6.45, 7) is 8.17. The van der Waals surface area contributed by atoms with Crippen LogP contribution in [-0.2, 0) is 14.2 Å². The van der Waals surface area contributed by atoms with E-state index in [0.29, 0.717) is 68.8 Å². The molecule has 2 unspecified atom stereocenters. The number of piperidine rings is 1. The molecule has 3 saturated heterocycles.